The van der Waals surface area contributed by atoms with Gasteiger partial charge in [-0.3, -0.25) is 19.6 Å². The number of carbonyl (C=O) groups excluding carboxylic acids is 2. The smallest absolute Gasteiger partial charge is 0.258 e. The van der Waals surface area contributed by atoms with E-state index in [1.807, 2.05) is 49.4 Å². The van der Waals surface area contributed by atoms with E-state index in [4.69, 9.17) is 11.6 Å². The van der Waals surface area contributed by atoms with Gasteiger partial charge in [-0.15, -0.1) is 0 Å². The van der Waals surface area contributed by atoms with E-state index >= 15 is 0 Å². The topological polar surface area (TPSA) is 40.6 Å². The Hall–Kier alpha value is -2.33. The van der Waals surface area contributed by atoms with E-state index in [-0.39, 0.29) is 11.8 Å². The van der Waals surface area contributed by atoms with Crippen LogP contribution < -0.4 is 0 Å². The number of amides is 2. The van der Waals surface area contributed by atoms with Crippen molar-refractivity contribution < 1.29 is 9.59 Å². The molecule has 5 heteroatoms. The lowest BCUT2D eigenvalue weighted by atomic mass is 9.90. The Morgan fingerprint density at radius 3 is 2.04 bits per heavy atom. The van der Waals surface area contributed by atoms with Gasteiger partial charge in [0.1, 0.15) is 5.92 Å². The summed E-state index contributed by atoms with van der Waals surface area (Å²) in [5, 5.41) is 3.94. The SMILES string of the molecule is Cc1ccc(-c2ccc(Cl)cc2)cc1C1C(=O)N2CCCCN2C1=O. The van der Waals surface area contributed by atoms with Gasteiger partial charge in [0, 0.05) is 18.1 Å². The Morgan fingerprint density at radius 2 is 1.44 bits per heavy atom. The lowest BCUT2D eigenvalue weighted by Crippen LogP contribution is -2.45. The van der Waals surface area contributed by atoms with E-state index in [1.54, 1.807) is 10.0 Å². The number of benzene rings is 2. The van der Waals surface area contributed by atoms with Crippen LogP contribution in [0.3, 0.4) is 0 Å². The summed E-state index contributed by atoms with van der Waals surface area (Å²) in [6.45, 7) is 3.22. The molecule has 0 aliphatic carbocycles. The van der Waals surface area contributed by atoms with E-state index in [0.717, 1.165) is 35.1 Å². The minimum atomic E-state index is -0.717. The number of carbonyl (C=O) groups is 2. The first kappa shape index (κ1) is 16.2. The molecule has 0 bridgehead atoms. The lowest BCUT2D eigenvalue weighted by molar-refractivity contribution is -0.150. The first-order valence-corrected chi connectivity index (χ1v) is 8.93. The summed E-state index contributed by atoms with van der Waals surface area (Å²) >= 11 is 5.97. The average Bonchev–Trinajstić information content (AvgIpc) is 2.88. The molecule has 0 saturated carbocycles. The Morgan fingerprint density at radius 1 is 0.880 bits per heavy atom. The molecule has 2 aromatic carbocycles. The first-order chi connectivity index (χ1) is 12.1. The second kappa shape index (κ2) is 6.19. The van der Waals surface area contributed by atoms with E-state index in [0.29, 0.717) is 18.1 Å². The molecule has 0 spiro atoms. The first-order valence-electron chi connectivity index (χ1n) is 8.55. The average molecular weight is 355 g/mol. The maximum Gasteiger partial charge on any atom is 0.258 e. The summed E-state index contributed by atoms with van der Waals surface area (Å²) in [6.07, 6.45) is 1.90. The van der Waals surface area contributed by atoms with Crippen LogP contribution in [0.25, 0.3) is 11.1 Å². The predicted octanol–water partition coefficient (Wildman–Crippen LogP) is 3.78. The minimum absolute atomic E-state index is 0.0962. The molecule has 0 radical (unpaired) electrons. The second-order valence-corrected chi connectivity index (χ2v) is 7.08. The van der Waals surface area contributed by atoms with Crippen molar-refractivity contribution in [2.75, 3.05) is 13.1 Å². The number of hydrogen-bond donors (Lipinski definition) is 0. The van der Waals surface area contributed by atoms with Crippen LogP contribution in [0.2, 0.25) is 5.02 Å². The summed E-state index contributed by atoms with van der Waals surface area (Å²) in [5.74, 6) is -0.910. The van der Waals surface area contributed by atoms with Crippen molar-refractivity contribution >= 4 is 23.4 Å². The highest BCUT2D eigenvalue weighted by Crippen LogP contribution is 2.35. The maximum atomic E-state index is 12.8. The summed E-state index contributed by atoms with van der Waals surface area (Å²) in [7, 11) is 0. The largest absolute Gasteiger partial charge is 0.272 e. The van der Waals surface area contributed by atoms with Gasteiger partial charge in [-0.25, -0.2) is 0 Å². The van der Waals surface area contributed by atoms with Crippen molar-refractivity contribution in [2.24, 2.45) is 0 Å². The number of halogens is 1. The van der Waals surface area contributed by atoms with E-state index in [1.165, 1.54) is 0 Å². The number of nitrogens with zero attached hydrogens (tertiary/aromatic N) is 2. The van der Waals surface area contributed by atoms with Crippen molar-refractivity contribution in [3.8, 4) is 11.1 Å². The molecule has 2 aliphatic rings. The third-order valence-corrected chi connectivity index (χ3v) is 5.30. The van der Waals surface area contributed by atoms with Crippen LogP contribution >= 0.6 is 11.6 Å². The van der Waals surface area contributed by atoms with Crippen molar-refractivity contribution in [1.29, 1.82) is 0 Å². The summed E-state index contributed by atoms with van der Waals surface area (Å²) in [4.78, 5) is 25.7. The standard InChI is InChI=1S/C20H19ClN2O2/c1-13-4-5-15(14-6-8-16(21)9-7-14)12-17(13)18-19(24)22-10-2-3-11-23(22)20(18)25/h4-9,12,18H,2-3,10-11H2,1H3. The van der Waals surface area contributed by atoms with Gasteiger partial charge < -0.3 is 0 Å². The molecule has 0 N–H and O–H groups in total. The Kier molecular flexibility index (Phi) is 4.00. The van der Waals surface area contributed by atoms with Gasteiger partial charge in [-0.05, 0) is 60.2 Å². The quantitative estimate of drug-likeness (QED) is 0.770. The van der Waals surface area contributed by atoms with Crippen molar-refractivity contribution in [2.45, 2.75) is 25.7 Å². The van der Waals surface area contributed by atoms with Crippen LogP contribution in [0.4, 0.5) is 0 Å². The fraction of sp³-hybridized carbons (Fsp3) is 0.300. The number of rotatable bonds is 2. The van der Waals surface area contributed by atoms with Crippen LogP contribution in [0.15, 0.2) is 42.5 Å². The van der Waals surface area contributed by atoms with Crippen molar-refractivity contribution in [3.05, 3.63) is 58.6 Å². The summed E-state index contributed by atoms with van der Waals surface area (Å²) in [6, 6.07) is 13.5. The van der Waals surface area contributed by atoms with Crippen LogP contribution in [-0.4, -0.2) is 34.9 Å². The second-order valence-electron chi connectivity index (χ2n) is 6.64. The van der Waals surface area contributed by atoms with Crippen LogP contribution in [-0.2, 0) is 9.59 Å². The molecule has 2 fully saturated rings. The maximum absolute atomic E-state index is 12.8. The van der Waals surface area contributed by atoms with Gasteiger partial charge in [0.25, 0.3) is 11.8 Å². The molecule has 128 valence electrons. The molecular formula is C20H19ClN2O2. The van der Waals surface area contributed by atoms with Gasteiger partial charge >= 0.3 is 0 Å². The van der Waals surface area contributed by atoms with Gasteiger partial charge in [0.15, 0.2) is 0 Å². The third kappa shape index (κ3) is 2.71. The van der Waals surface area contributed by atoms with Gasteiger partial charge in [0.2, 0.25) is 0 Å². The molecule has 4 rings (SSSR count). The highest BCUT2D eigenvalue weighted by molar-refractivity contribution is 6.30. The molecule has 2 amide bonds. The molecule has 0 aromatic heterocycles. The molecule has 0 atom stereocenters. The van der Waals surface area contributed by atoms with Crippen molar-refractivity contribution in [1.82, 2.24) is 10.0 Å². The van der Waals surface area contributed by atoms with E-state index in [9.17, 15) is 9.59 Å². The molecule has 4 nitrogen and oxygen atoms in total. The highest BCUT2D eigenvalue weighted by atomic mass is 35.5. The van der Waals surface area contributed by atoms with E-state index in [2.05, 4.69) is 0 Å². The Labute approximate surface area is 152 Å². The van der Waals surface area contributed by atoms with Gasteiger partial charge in [0.05, 0.1) is 0 Å². The Bertz CT molecular complexity index is 823. The molecule has 25 heavy (non-hydrogen) atoms. The number of hydrazine groups is 1. The lowest BCUT2D eigenvalue weighted by Gasteiger charge is -2.31. The fourth-order valence-electron chi connectivity index (χ4n) is 3.67. The molecule has 2 heterocycles. The van der Waals surface area contributed by atoms with Crippen LogP contribution in [0.5, 0.6) is 0 Å². The van der Waals surface area contributed by atoms with Crippen molar-refractivity contribution in [3.63, 3.8) is 0 Å². The minimum Gasteiger partial charge on any atom is -0.272 e. The molecule has 2 aromatic rings. The summed E-state index contributed by atoms with van der Waals surface area (Å²) < 4.78 is 0. The highest BCUT2D eigenvalue weighted by Gasteiger charge is 2.47. The normalized spacial score (nSPS) is 18.0. The third-order valence-electron chi connectivity index (χ3n) is 5.05. The zero-order valence-electron chi connectivity index (χ0n) is 14.0. The zero-order valence-corrected chi connectivity index (χ0v) is 14.8. The van der Waals surface area contributed by atoms with Gasteiger partial charge in [-0.2, -0.15) is 0 Å². The number of hydrogen-bond acceptors (Lipinski definition) is 2. The summed E-state index contributed by atoms with van der Waals surface area (Å²) in [5.41, 5.74) is 3.77. The molecule has 2 aliphatic heterocycles. The predicted molar refractivity (Wildman–Crippen MR) is 97.0 cm³/mol. The number of aryl methyl sites for hydroxylation is 1. The fourth-order valence-corrected chi connectivity index (χ4v) is 3.79. The van der Waals surface area contributed by atoms with Crippen LogP contribution in [0.1, 0.15) is 29.9 Å². The molecule has 0 unspecified atom stereocenters. The monoisotopic (exact) mass is 354 g/mol. The molecule has 2 saturated heterocycles. The Balaban J connectivity index is 1.75. The zero-order chi connectivity index (χ0) is 17.6. The van der Waals surface area contributed by atoms with Gasteiger partial charge in [-0.1, -0.05) is 35.9 Å². The number of fused-ring (bicyclic) bond motifs is 1. The van der Waals surface area contributed by atoms with E-state index < -0.39 is 5.92 Å². The van der Waals surface area contributed by atoms with Crippen LogP contribution in [0, 0.1) is 6.92 Å². The molecular weight excluding hydrogens is 336 g/mol.